The van der Waals surface area contributed by atoms with Crippen molar-refractivity contribution in [3.8, 4) is 11.6 Å². The van der Waals surface area contributed by atoms with Gasteiger partial charge >= 0.3 is 0 Å². The number of aromatic nitrogens is 2. The molecule has 0 aliphatic heterocycles. The molecule has 2 rings (SSSR count). The largest absolute Gasteiger partial charge is 0.438 e. The van der Waals surface area contributed by atoms with Crippen LogP contribution in [0, 0.1) is 6.20 Å². The van der Waals surface area contributed by atoms with Gasteiger partial charge in [-0.3, -0.25) is 0 Å². The van der Waals surface area contributed by atoms with Crippen LogP contribution in [0.2, 0.25) is 0 Å². The van der Waals surface area contributed by atoms with Gasteiger partial charge in [0, 0.05) is 6.07 Å². The van der Waals surface area contributed by atoms with E-state index in [-0.39, 0.29) is 0 Å². The predicted octanol–water partition coefficient (Wildman–Crippen LogP) is 2.63. The number of nitrogens with zero attached hydrogens (tertiary/aromatic N) is 2. The van der Waals surface area contributed by atoms with Crippen LogP contribution in [-0.2, 0) is 6.42 Å². The van der Waals surface area contributed by atoms with Gasteiger partial charge in [-0.25, -0.2) is 0 Å². The number of benzene rings is 1. The molecule has 1 aromatic heterocycles. The van der Waals surface area contributed by atoms with E-state index in [4.69, 9.17) is 4.74 Å². The Balaban J connectivity index is 2.11. The van der Waals surface area contributed by atoms with Crippen LogP contribution in [0.5, 0.6) is 11.6 Å². The molecule has 0 atom stereocenters. The summed E-state index contributed by atoms with van der Waals surface area (Å²) in [5, 5.41) is 7.40. The molecule has 0 unspecified atom stereocenters. The summed E-state index contributed by atoms with van der Waals surface area (Å²) < 4.78 is 5.48. The van der Waals surface area contributed by atoms with Gasteiger partial charge in [-0.2, -0.15) is 0 Å². The third kappa shape index (κ3) is 2.53. The van der Waals surface area contributed by atoms with E-state index in [1.165, 1.54) is 5.56 Å². The first-order chi connectivity index (χ1) is 7.38. The maximum atomic E-state index is 5.48. The van der Waals surface area contributed by atoms with Gasteiger partial charge in [0.25, 0.3) is 0 Å². The Labute approximate surface area is 88.7 Å². The van der Waals surface area contributed by atoms with Crippen LogP contribution in [0.15, 0.2) is 36.4 Å². The van der Waals surface area contributed by atoms with E-state index in [1.54, 1.807) is 12.1 Å². The van der Waals surface area contributed by atoms with Crippen molar-refractivity contribution in [3.05, 3.63) is 48.2 Å². The summed E-state index contributed by atoms with van der Waals surface area (Å²) in [4.78, 5) is 0. The van der Waals surface area contributed by atoms with Crippen molar-refractivity contribution in [1.82, 2.24) is 10.2 Å². The van der Waals surface area contributed by atoms with Crippen LogP contribution in [0.4, 0.5) is 0 Å². The Kier molecular flexibility index (Phi) is 2.93. The maximum absolute atomic E-state index is 5.48. The fourth-order valence-corrected chi connectivity index (χ4v) is 1.22. The Morgan fingerprint density at radius 3 is 2.60 bits per heavy atom. The monoisotopic (exact) mass is 199 g/mol. The second-order valence-electron chi connectivity index (χ2n) is 3.10. The Morgan fingerprint density at radius 1 is 1.20 bits per heavy atom. The van der Waals surface area contributed by atoms with Gasteiger partial charge < -0.3 is 4.74 Å². The van der Waals surface area contributed by atoms with Crippen molar-refractivity contribution >= 4 is 0 Å². The average molecular weight is 199 g/mol. The molecule has 3 nitrogen and oxygen atoms in total. The molecule has 0 saturated heterocycles. The SMILES string of the molecule is CCc1ccc(Oc2cc[c]nn2)cc1. The molecule has 0 N–H and O–H groups in total. The van der Waals surface area contributed by atoms with Crippen LogP contribution >= 0.6 is 0 Å². The maximum Gasteiger partial charge on any atom is 0.238 e. The summed E-state index contributed by atoms with van der Waals surface area (Å²) in [7, 11) is 0. The molecule has 0 spiro atoms. The van der Waals surface area contributed by atoms with Crippen molar-refractivity contribution in [1.29, 1.82) is 0 Å². The highest BCUT2D eigenvalue weighted by Gasteiger charge is 1.97. The van der Waals surface area contributed by atoms with Gasteiger partial charge in [0.15, 0.2) is 0 Å². The van der Waals surface area contributed by atoms with E-state index in [0.29, 0.717) is 5.88 Å². The van der Waals surface area contributed by atoms with E-state index < -0.39 is 0 Å². The summed E-state index contributed by atoms with van der Waals surface area (Å²) in [5.41, 5.74) is 1.29. The van der Waals surface area contributed by atoms with Gasteiger partial charge in [0.1, 0.15) is 11.9 Å². The van der Waals surface area contributed by atoms with Crippen LogP contribution in [0.1, 0.15) is 12.5 Å². The molecular formula is C12H11N2O. The second-order valence-corrected chi connectivity index (χ2v) is 3.10. The molecule has 0 amide bonds. The van der Waals surface area contributed by atoms with Crippen LogP contribution in [-0.4, -0.2) is 10.2 Å². The first-order valence-electron chi connectivity index (χ1n) is 4.85. The van der Waals surface area contributed by atoms with Gasteiger partial charge in [-0.05, 0) is 30.2 Å². The molecule has 15 heavy (non-hydrogen) atoms. The molecule has 0 aliphatic rings. The van der Waals surface area contributed by atoms with Gasteiger partial charge in [0.2, 0.25) is 5.88 Å². The van der Waals surface area contributed by atoms with Crippen molar-refractivity contribution < 1.29 is 4.74 Å². The summed E-state index contributed by atoms with van der Waals surface area (Å²) >= 11 is 0. The fraction of sp³-hybridized carbons (Fsp3) is 0.167. The molecule has 0 fully saturated rings. The van der Waals surface area contributed by atoms with Gasteiger partial charge in [-0.1, -0.05) is 19.1 Å². The first kappa shape index (κ1) is 9.65. The topological polar surface area (TPSA) is 35.0 Å². The normalized spacial score (nSPS) is 9.93. The van der Waals surface area contributed by atoms with E-state index in [2.05, 4.69) is 23.3 Å². The molecule has 0 aliphatic carbocycles. The van der Waals surface area contributed by atoms with E-state index in [9.17, 15) is 0 Å². The zero-order valence-corrected chi connectivity index (χ0v) is 8.47. The van der Waals surface area contributed by atoms with Crippen molar-refractivity contribution in [2.75, 3.05) is 0 Å². The van der Waals surface area contributed by atoms with Crippen LogP contribution in [0.25, 0.3) is 0 Å². The summed E-state index contributed by atoms with van der Waals surface area (Å²) in [5.74, 6) is 1.26. The smallest absolute Gasteiger partial charge is 0.238 e. The quantitative estimate of drug-likeness (QED) is 0.762. The standard InChI is InChI=1S/C12H11N2O/c1-2-10-5-7-11(8-6-10)15-12-4-3-9-13-14-12/h3-8H,2H2,1H3. The molecule has 75 valence electrons. The molecule has 0 saturated carbocycles. The summed E-state index contributed by atoms with van der Waals surface area (Å²) in [6, 6.07) is 11.3. The Bertz CT molecular complexity index is 411. The molecule has 1 radical (unpaired) electrons. The zero-order chi connectivity index (χ0) is 10.5. The van der Waals surface area contributed by atoms with Gasteiger partial charge in [-0.15, -0.1) is 10.2 Å². The predicted molar refractivity (Wildman–Crippen MR) is 56.8 cm³/mol. The minimum absolute atomic E-state index is 0.484. The minimum Gasteiger partial charge on any atom is -0.438 e. The first-order valence-corrected chi connectivity index (χ1v) is 4.85. The van der Waals surface area contributed by atoms with E-state index in [0.717, 1.165) is 12.2 Å². The fourth-order valence-electron chi connectivity index (χ4n) is 1.22. The highest BCUT2D eigenvalue weighted by molar-refractivity contribution is 5.29. The number of rotatable bonds is 3. The molecule has 3 heteroatoms. The summed E-state index contributed by atoms with van der Waals surface area (Å²) in [6.07, 6.45) is 3.62. The lowest BCUT2D eigenvalue weighted by molar-refractivity contribution is 0.455. The summed E-state index contributed by atoms with van der Waals surface area (Å²) in [6.45, 7) is 2.12. The lowest BCUT2D eigenvalue weighted by atomic mass is 10.2. The lowest BCUT2D eigenvalue weighted by Gasteiger charge is -2.03. The number of hydrogen-bond donors (Lipinski definition) is 0. The van der Waals surface area contributed by atoms with Crippen LogP contribution < -0.4 is 4.74 Å². The molecule has 1 aromatic carbocycles. The van der Waals surface area contributed by atoms with E-state index in [1.807, 2.05) is 24.3 Å². The zero-order valence-electron chi connectivity index (χ0n) is 8.47. The third-order valence-corrected chi connectivity index (χ3v) is 2.06. The Morgan fingerprint density at radius 2 is 2.00 bits per heavy atom. The van der Waals surface area contributed by atoms with Crippen molar-refractivity contribution in [2.24, 2.45) is 0 Å². The number of hydrogen-bond acceptors (Lipinski definition) is 3. The molecular weight excluding hydrogens is 188 g/mol. The van der Waals surface area contributed by atoms with Crippen molar-refractivity contribution in [3.63, 3.8) is 0 Å². The van der Waals surface area contributed by atoms with E-state index >= 15 is 0 Å². The average Bonchev–Trinajstić information content (AvgIpc) is 2.31. The Hall–Kier alpha value is -1.90. The number of aryl methyl sites for hydroxylation is 1. The van der Waals surface area contributed by atoms with Crippen molar-refractivity contribution in [2.45, 2.75) is 13.3 Å². The number of ether oxygens (including phenoxy) is 1. The lowest BCUT2D eigenvalue weighted by Crippen LogP contribution is -1.89. The highest BCUT2D eigenvalue weighted by atomic mass is 16.5. The highest BCUT2D eigenvalue weighted by Crippen LogP contribution is 2.18. The second kappa shape index (κ2) is 4.55. The van der Waals surface area contributed by atoms with Gasteiger partial charge in [0.05, 0.1) is 0 Å². The molecule has 2 aromatic rings. The third-order valence-electron chi connectivity index (χ3n) is 2.06. The van der Waals surface area contributed by atoms with Crippen LogP contribution in [0.3, 0.4) is 0 Å². The minimum atomic E-state index is 0.484. The molecule has 0 bridgehead atoms. The molecule has 1 heterocycles.